The Bertz CT molecular complexity index is 661. The van der Waals surface area contributed by atoms with Crippen molar-refractivity contribution in [3.8, 4) is 0 Å². The summed E-state index contributed by atoms with van der Waals surface area (Å²) in [4.78, 5) is 24.1. The van der Waals surface area contributed by atoms with Gasteiger partial charge in [0.15, 0.2) is 5.78 Å². The minimum absolute atomic E-state index is 0.168. The van der Waals surface area contributed by atoms with Crippen molar-refractivity contribution in [2.24, 2.45) is 11.8 Å². The van der Waals surface area contributed by atoms with E-state index >= 15 is 0 Å². The van der Waals surface area contributed by atoms with E-state index in [1.165, 1.54) is 9.75 Å². The maximum absolute atomic E-state index is 12.0. The fraction of sp³-hybridized carbons (Fsp3) is 0.583. The van der Waals surface area contributed by atoms with Gasteiger partial charge in [-0.25, -0.2) is 0 Å². The van der Waals surface area contributed by atoms with Crippen molar-refractivity contribution >= 4 is 39.0 Å². The average molecular weight is 502 g/mol. The summed E-state index contributed by atoms with van der Waals surface area (Å²) in [5, 5.41) is 17.9. The van der Waals surface area contributed by atoms with E-state index in [9.17, 15) is 14.7 Å². The topological polar surface area (TPSA) is 74.6 Å². The van der Waals surface area contributed by atoms with Crippen LogP contribution in [0.15, 0.2) is 35.3 Å². The van der Waals surface area contributed by atoms with Crippen LogP contribution < -0.4 is 0 Å². The molecule has 1 heterocycles. The first-order chi connectivity index (χ1) is 14.3. The van der Waals surface area contributed by atoms with Crippen LogP contribution in [0, 0.1) is 18.8 Å². The monoisotopic (exact) mass is 500 g/mol. The second-order valence-corrected chi connectivity index (χ2v) is 9.28. The van der Waals surface area contributed by atoms with Gasteiger partial charge in [-0.3, -0.25) is 9.59 Å². The number of aliphatic carboxylic acids is 1. The SMILES string of the molecule is C=CC[C@H]1C(O)CC[C@@H]1/C=C/C(=O)CCc1cc(Br)c(C)s1.CC.CCCC(=O)O. The van der Waals surface area contributed by atoms with Gasteiger partial charge in [-0.1, -0.05) is 32.9 Å². The van der Waals surface area contributed by atoms with Gasteiger partial charge in [0.25, 0.3) is 0 Å². The fourth-order valence-electron chi connectivity index (χ4n) is 3.26. The Morgan fingerprint density at radius 2 is 1.97 bits per heavy atom. The van der Waals surface area contributed by atoms with E-state index in [1.807, 2.05) is 32.9 Å². The van der Waals surface area contributed by atoms with Gasteiger partial charge in [-0.05, 0) is 78.9 Å². The van der Waals surface area contributed by atoms with E-state index in [0.717, 1.165) is 36.6 Å². The Kier molecular flexibility index (Phi) is 15.8. The maximum atomic E-state index is 12.0. The van der Waals surface area contributed by atoms with Gasteiger partial charge in [0.1, 0.15) is 0 Å². The number of thiophene rings is 1. The summed E-state index contributed by atoms with van der Waals surface area (Å²) in [5.74, 6) is -0.0223. The molecule has 3 atom stereocenters. The van der Waals surface area contributed by atoms with Crippen LogP contribution in [0.3, 0.4) is 0 Å². The van der Waals surface area contributed by atoms with Gasteiger partial charge < -0.3 is 10.2 Å². The lowest BCUT2D eigenvalue weighted by molar-refractivity contribution is -0.137. The molecule has 0 amide bonds. The van der Waals surface area contributed by atoms with Crippen LogP contribution in [0.1, 0.15) is 69.1 Å². The van der Waals surface area contributed by atoms with Crippen molar-refractivity contribution in [2.45, 2.75) is 78.7 Å². The minimum Gasteiger partial charge on any atom is -0.481 e. The molecule has 0 aliphatic heterocycles. The van der Waals surface area contributed by atoms with Crippen molar-refractivity contribution < 1.29 is 19.8 Å². The van der Waals surface area contributed by atoms with E-state index < -0.39 is 5.97 Å². The number of halogens is 1. The summed E-state index contributed by atoms with van der Waals surface area (Å²) in [7, 11) is 0. The number of aliphatic hydroxyl groups is 1. The number of hydrogen-bond donors (Lipinski definition) is 2. The molecule has 2 rings (SSSR count). The lowest BCUT2D eigenvalue weighted by Gasteiger charge is -2.17. The fourth-order valence-corrected chi connectivity index (χ4v) is 4.86. The molecule has 1 aliphatic rings. The number of carboxylic acids is 1. The summed E-state index contributed by atoms with van der Waals surface area (Å²) >= 11 is 5.24. The van der Waals surface area contributed by atoms with Crippen LogP contribution >= 0.6 is 27.3 Å². The van der Waals surface area contributed by atoms with Gasteiger partial charge in [0, 0.05) is 27.1 Å². The van der Waals surface area contributed by atoms with Gasteiger partial charge in [-0.2, -0.15) is 0 Å². The number of ketones is 1. The molecule has 1 unspecified atom stereocenters. The quantitative estimate of drug-likeness (QED) is 0.290. The molecule has 6 heteroatoms. The van der Waals surface area contributed by atoms with Crippen LogP contribution in [-0.2, 0) is 16.0 Å². The van der Waals surface area contributed by atoms with Gasteiger partial charge in [-0.15, -0.1) is 17.9 Å². The van der Waals surface area contributed by atoms with Crippen LogP contribution in [0.4, 0.5) is 0 Å². The molecule has 0 bridgehead atoms. The number of allylic oxidation sites excluding steroid dienone is 3. The zero-order valence-corrected chi connectivity index (χ0v) is 21.1. The predicted octanol–water partition coefficient (Wildman–Crippen LogP) is 6.74. The highest BCUT2D eigenvalue weighted by Gasteiger charge is 2.32. The first-order valence-electron chi connectivity index (χ1n) is 10.7. The maximum Gasteiger partial charge on any atom is 0.303 e. The largest absolute Gasteiger partial charge is 0.481 e. The Labute approximate surface area is 194 Å². The highest BCUT2D eigenvalue weighted by Crippen LogP contribution is 2.35. The normalized spacial score (nSPS) is 20.1. The molecule has 30 heavy (non-hydrogen) atoms. The number of aryl methyl sites for hydroxylation is 2. The zero-order chi connectivity index (χ0) is 23.1. The smallest absolute Gasteiger partial charge is 0.303 e. The van der Waals surface area contributed by atoms with Crippen molar-refractivity contribution in [3.63, 3.8) is 0 Å². The van der Waals surface area contributed by atoms with Gasteiger partial charge in [0.2, 0.25) is 0 Å². The van der Waals surface area contributed by atoms with Crippen molar-refractivity contribution in [1.82, 2.24) is 0 Å². The van der Waals surface area contributed by atoms with Crippen LogP contribution in [0.2, 0.25) is 0 Å². The molecule has 1 aromatic rings. The summed E-state index contributed by atoms with van der Waals surface area (Å²) < 4.78 is 1.13. The molecule has 2 N–H and O–H groups in total. The van der Waals surface area contributed by atoms with Crippen LogP contribution in [0.25, 0.3) is 0 Å². The van der Waals surface area contributed by atoms with Crippen molar-refractivity contribution in [2.75, 3.05) is 0 Å². The van der Waals surface area contributed by atoms with Gasteiger partial charge >= 0.3 is 5.97 Å². The third-order valence-electron chi connectivity index (χ3n) is 4.80. The Morgan fingerprint density at radius 3 is 2.43 bits per heavy atom. The lowest BCUT2D eigenvalue weighted by atomic mass is 9.91. The number of carboxylic acid groups (broad SMARTS) is 1. The molecule has 170 valence electrons. The number of hydrogen-bond acceptors (Lipinski definition) is 4. The first kappa shape index (κ1) is 28.8. The summed E-state index contributed by atoms with van der Waals surface area (Å²) in [6, 6.07) is 2.10. The number of aliphatic hydroxyl groups excluding tert-OH is 1. The molecule has 0 saturated heterocycles. The number of carbonyl (C=O) groups excluding carboxylic acids is 1. The van der Waals surface area contributed by atoms with E-state index in [-0.39, 0.29) is 17.8 Å². The highest BCUT2D eigenvalue weighted by molar-refractivity contribution is 9.10. The van der Waals surface area contributed by atoms with E-state index in [0.29, 0.717) is 18.8 Å². The van der Waals surface area contributed by atoms with Gasteiger partial charge in [0.05, 0.1) is 6.10 Å². The van der Waals surface area contributed by atoms with Crippen molar-refractivity contribution in [1.29, 1.82) is 0 Å². The second kappa shape index (κ2) is 16.5. The average Bonchev–Trinajstić information content (AvgIpc) is 3.22. The number of rotatable bonds is 9. The number of carbonyl (C=O) groups is 2. The standard InChI is InChI=1S/C18H23BrO2S.C4H8O2.C2H6/c1-3-4-16-13(6-10-18(16)21)5-7-14(20)8-9-15-11-17(19)12(2)22-15;1-2-3-4(5)6;1-2/h3,5,7,11,13,16,18,21H,1,4,6,8-10H2,2H3;2-3H2,1H3,(H,5,6);1-2H3/b7-5+;;/t13-,16+,18?;;/m0../s1. The molecule has 4 nitrogen and oxygen atoms in total. The highest BCUT2D eigenvalue weighted by atomic mass is 79.9. The molecular formula is C24H37BrO4S. The lowest BCUT2D eigenvalue weighted by Crippen LogP contribution is -2.17. The van der Waals surface area contributed by atoms with Crippen molar-refractivity contribution in [3.05, 3.63) is 45.1 Å². The summed E-state index contributed by atoms with van der Waals surface area (Å²) in [6.45, 7) is 11.7. The van der Waals surface area contributed by atoms with E-state index in [2.05, 4.69) is 35.5 Å². The molecule has 0 radical (unpaired) electrons. The molecule has 0 spiro atoms. The Hall–Kier alpha value is -1.24. The Balaban J connectivity index is 0.000000905. The van der Waals surface area contributed by atoms with Crippen LogP contribution in [0.5, 0.6) is 0 Å². The van der Waals surface area contributed by atoms with Crippen LogP contribution in [-0.4, -0.2) is 28.1 Å². The second-order valence-electron chi connectivity index (χ2n) is 7.08. The van der Waals surface area contributed by atoms with E-state index in [1.54, 1.807) is 17.4 Å². The predicted molar refractivity (Wildman–Crippen MR) is 130 cm³/mol. The minimum atomic E-state index is -0.711. The first-order valence-corrected chi connectivity index (χ1v) is 12.4. The third kappa shape index (κ3) is 11.2. The molecule has 1 aromatic heterocycles. The third-order valence-corrected chi connectivity index (χ3v) is 6.99. The van der Waals surface area contributed by atoms with E-state index in [4.69, 9.17) is 5.11 Å². The molecule has 1 fully saturated rings. The zero-order valence-electron chi connectivity index (χ0n) is 18.7. The summed E-state index contributed by atoms with van der Waals surface area (Å²) in [6.07, 6.45) is 10.3. The summed E-state index contributed by atoms with van der Waals surface area (Å²) in [5.41, 5.74) is 0. The molecule has 1 aliphatic carbocycles. The Morgan fingerprint density at radius 1 is 1.30 bits per heavy atom. The molecule has 0 aromatic carbocycles. The molecule has 1 saturated carbocycles. The molecular weight excluding hydrogens is 464 g/mol.